The van der Waals surface area contributed by atoms with E-state index >= 15 is 0 Å². The minimum absolute atomic E-state index is 0.182. The van der Waals surface area contributed by atoms with Crippen molar-refractivity contribution < 1.29 is 13.1 Å². The minimum atomic E-state index is -1.26. The molecule has 0 saturated carbocycles. The molecule has 0 spiro atoms. The van der Waals surface area contributed by atoms with Crippen LogP contribution in [0.15, 0.2) is 15.6 Å². The van der Waals surface area contributed by atoms with Gasteiger partial charge >= 0.3 is 5.97 Å². The van der Waals surface area contributed by atoms with Gasteiger partial charge in [0.25, 0.3) is 21.4 Å². The zero-order valence-electron chi connectivity index (χ0n) is 4.37. The molecule has 0 rings (SSSR count). The molecule has 0 aliphatic heterocycles. The molecule has 0 aromatic rings. The van der Waals surface area contributed by atoms with Gasteiger partial charge in [0.15, 0.2) is 0 Å². The summed E-state index contributed by atoms with van der Waals surface area (Å²) in [4.78, 5) is 10.3. The molecular weight excluding hydrogens is 239 g/mol. The van der Waals surface area contributed by atoms with Gasteiger partial charge in [0, 0.05) is 0 Å². The number of hydrogen-bond acceptors (Lipinski definition) is 5. The summed E-state index contributed by atoms with van der Waals surface area (Å²) in [6.07, 6.45) is 0. The molecule has 0 aliphatic carbocycles. The van der Waals surface area contributed by atoms with Gasteiger partial charge in [-0.25, -0.2) is 4.79 Å². The fraction of sp³-hybridized carbons (Fsp3) is 0. The Bertz CT molecular complexity index is 155. The van der Waals surface area contributed by atoms with Crippen LogP contribution in [0.25, 0.3) is 0 Å². The lowest BCUT2D eigenvalue weighted by atomic mass is 10.5. The second kappa shape index (κ2) is 4.39. The lowest BCUT2D eigenvalue weighted by molar-refractivity contribution is -0.127. The molecule has 0 amide bonds. The molecule has 0 aromatic heterocycles. The lowest BCUT2D eigenvalue weighted by Gasteiger charge is -1.90. The van der Waals surface area contributed by atoms with Crippen molar-refractivity contribution in [2.45, 2.75) is 0 Å². The average molecular weight is 244 g/mol. The molecule has 0 saturated heterocycles. The van der Waals surface area contributed by atoms with E-state index < -0.39 is 27.4 Å². The van der Waals surface area contributed by atoms with E-state index in [9.17, 15) is 4.79 Å². The van der Waals surface area contributed by atoms with Gasteiger partial charge in [-0.3, -0.25) is 5.21 Å². The first-order valence-corrected chi connectivity index (χ1v) is 3.67. The van der Waals surface area contributed by atoms with Crippen molar-refractivity contribution in [2.24, 2.45) is 9.04 Å². The van der Waals surface area contributed by atoms with E-state index in [0.29, 0.717) is 0 Å². The van der Waals surface area contributed by atoms with Crippen molar-refractivity contribution in [3.8, 4) is 0 Å². The second-order valence-electron chi connectivity index (χ2n) is 1.03. The number of halogens is 1. The maximum Gasteiger partial charge on any atom is 0.363 e. The van der Waals surface area contributed by atoms with E-state index in [2.05, 4.69) is 13.0 Å². The second-order valence-corrected chi connectivity index (χ2v) is 2.30. The minimum Gasteiger partial charge on any atom is -0.393 e. The van der Waals surface area contributed by atoms with Crippen molar-refractivity contribution in [3.05, 3.63) is 12.3 Å². The first kappa shape index (κ1) is 8.50. The third kappa shape index (κ3) is 4.03. The van der Waals surface area contributed by atoms with Gasteiger partial charge < -0.3 is 8.80 Å². The van der Waals surface area contributed by atoms with Gasteiger partial charge in [0.1, 0.15) is 5.70 Å². The largest absolute Gasteiger partial charge is 0.393 e. The van der Waals surface area contributed by atoms with E-state index in [1.807, 2.05) is 0 Å². The van der Waals surface area contributed by atoms with E-state index in [1.165, 1.54) is 0 Å². The fourth-order valence-corrected chi connectivity index (χ4v) is 0.646. The van der Waals surface area contributed by atoms with Crippen LogP contribution in [0.4, 0.5) is 0 Å². The number of carbonyl (C=O) groups is 1. The predicted octanol–water partition coefficient (Wildman–Crippen LogP) is 0.461. The highest BCUT2D eigenvalue weighted by Gasteiger charge is 2.00. The van der Waals surface area contributed by atoms with E-state index in [1.54, 1.807) is 0 Å². The molecule has 6 heteroatoms. The SMILES string of the molecule is C=C(N)C(=O)OI=NO. The van der Waals surface area contributed by atoms with Crippen LogP contribution in [0, 0.1) is 0 Å². The number of carbonyl (C=O) groups excluding carboxylic acids is 1. The Kier molecular flexibility index (Phi) is 4.14. The van der Waals surface area contributed by atoms with E-state index in [0.717, 1.165) is 0 Å². The van der Waals surface area contributed by atoms with Crippen molar-refractivity contribution in [2.75, 3.05) is 0 Å². The smallest absolute Gasteiger partial charge is 0.363 e. The molecular formula is C3H5IN2O3. The molecule has 0 aromatic carbocycles. The lowest BCUT2D eigenvalue weighted by Crippen LogP contribution is -2.08. The summed E-state index contributed by atoms with van der Waals surface area (Å²) >= 11 is -1.26. The Balaban J connectivity index is 3.65. The summed E-state index contributed by atoms with van der Waals surface area (Å²) in [5.41, 5.74) is 4.72. The number of nitrogens with zero attached hydrogens (tertiary/aromatic N) is 1. The fourth-order valence-electron chi connectivity index (χ4n) is 0.0963. The Morgan fingerprint density at radius 3 is 2.78 bits per heavy atom. The molecule has 0 atom stereocenters. The van der Waals surface area contributed by atoms with E-state index in [4.69, 9.17) is 10.9 Å². The molecule has 0 bridgehead atoms. The van der Waals surface area contributed by atoms with Crippen LogP contribution in [0.1, 0.15) is 0 Å². The van der Waals surface area contributed by atoms with Crippen molar-refractivity contribution in [3.63, 3.8) is 0 Å². The standard InChI is InChI=1S/C3H5IN2O3/c1-2(5)3(7)9-4-6-8/h8H,1,5H2. The normalized spacial score (nSPS) is 10.3. The van der Waals surface area contributed by atoms with Crippen LogP contribution in [0.2, 0.25) is 0 Å². The number of rotatable bonds is 2. The van der Waals surface area contributed by atoms with Crippen molar-refractivity contribution in [1.29, 1.82) is 0 Å². The van der Waals surface area contributed by atoms with Crippen LogP contribution >= 0.6 is 21.4 Å². The third-order valence-corrected chi connectivity index (χ3v) is 1.17. The molecule has 0 fully saturated rings. The summed E-state index contributed by atoms with van der Waals surface area (Å²) in [6.45, 7) is 3.11. The predicted molar refractivity (Wildman–Crippen MR) is 37.7 cm³/mol. The summed E-state index contributed by atoms with van der Waals surface area (Å²) in [6, 6.07) is 0. The topological polar surface area (TPSA) is 84.9 Å². The highest BCUT2D eigenvalue weighted by atomic mass is 127. The first-order valence-electron chi connectivity index (χ1n) is 1.82. The third-order valence-electron chi connectivity index (χ3n) is 0.398. The van der Waals surface area contributed by atoms with Crippen LogP contribution in [0.5, 0.6) is 0 Å². The molecule has 0 aliphatic rings. The molecule has 0 unspecified atom stereocenters. The van der Waals surface area contributed by atoms with Gasteiger partial charge in [-0.2, -0.15) is 0 Å². The number of hydrogen-bond donors (Lipinski definition) is 2. The van der Waals surface area contributed by atoms with Crippen molar-refractivity contribution in [1.82, 2.24) is 0 Å². The summed E-state index contributed by atoms with van der Waals surface area (Å²) in [5, 5.41) is 7.82. The van der Waals surface area contributed by atoms with Gasteiger partial charge in [-0.05, 0) is 0 Å². The summed E-state index contributed by atoms with van der Waals surface area (Å²) in [7, 11) is 0. The zero-order chi connectivity index (χ0) is 7.28. The molecule has 0 radical (unpaired) electrons. The molecule has 9 heavy (non-hydrogen) atoms. The van der Waals surface area contributed by atoms with Crippen LogP contribution in [0.3, 0.4) is 0 Å². The highest BCUT2D eigenvalue weighted by molar-refractivity contribution is 14.1. The van der Waals surface area contributed by atoms with Crippen LogP contribution in [-0.4, -0.2) is 11.2 Å². The van der Waals surface area contributed by atoms with Gasteiger partial charge in [0.2, 0.25) is 0 Å². The zero-order valence-corrected chi connectivity index (χ0v) is 6.53. The van der Waals surface area contributed by atoms with E-state index in [-0.39, 0.29) is 5.70 Å². The maximum atomic E-state index is 10.3. The highest BCUT2D eigenvalue weighted by Crippen LogP contribution is 2.02. The summed E-state index contributed by atoms with van der Waals surface area (Å²) in [5.74, 6) is -0.722. The average Bonchev–Trinajstić information content (AvgIpc) is 1.82. The van der Waals surface area contributed by atoms with Gasteiger partial charge in [0.05, 0.1) is 0 Å². The van der Waals surface area contributed by atoms with Crippen molar-refractivity contribution >= 4 is 27.4 Å². The molecule has 5 nitrogen and oxygen atoms in total. The number of nitrogens with two attached hydrogens (primary N) is 1. The Hall–Kier alpha value is -0.500. The van der Waals surface area contributed by atoms with Gasteiger partial charge in [-0.15, -0.1) is 0 Å². The maximum absolute atomic E-state index is 10.3. The quantitative estimate of drug-likeness (QED) is 0.419. The Morgan fingerprint density at radius 1 is 1.89 bits per heavy atom. The molecule has 0 heterocycles. The van der Waals surface area contributed by atoms with Gasteiger partial charge in [-0.1, -0.05) is 9.89 Å². The Morgan fingerprint density at radius 2 is 2.44 bits per heavy atom. The molecule has 52 valence electrons. The Labute approximate surface area is 62.2 Å². The monoisotopic (exact) mass is 244 g/mol. The first-order chi connectivity index (χ1) is 4.18. The summed E-state index contributed by atoms with van der Waals surface area (Å²) < 4.78 is 6.91. The molecule has 3 N–H and O–H groups in total. The van der Waals surface area contributed by atoms with Crippen LogP contribution < -0.4 is 5.73 Å². The van der Waals surface area contributed by atoms with Crippen LogP contribution in [-0.2, 0) is 7.86 Å².